The van der Waals surface area contributed by atoms with Gasteiger partial charge in [0.25, 0.3) is 5.91 Å². The van der Waals surface area contributed by atoms with Crippen LogP contribution in [0.5, 0.6) is 11.5 Å². The maximum absolute atomic E-state index is 12.2. The van der Waals surface area contributed by atoms with Crippen LogP contribution in [0.25, 0.3) is 6.08 Å². The number of carbonyl (C=O) groups excluding carboxylic acids is 1. The third kappa shape index (κ3) is 3.72. The molecular weight excluding hydrogens is 290 g/mol. The highest BCUT2D eigenvalue weighted by atomic mass is 16.5. The molecule has 0 saturated carbocycles. The van der Waals surface area contributed by atoms with E-state index in [1.54, 1.807) is 24.1 Å². The van der Waals surface area contributed by atoms with Crippen molar-refractivity contribution in [1.82, 2.24) is 0 Å². The van der Waals surface area contributed by atoms with Crippen LogP contribution in [0.3, 0.4) is 0 Å². The highest BCUT2D eigenvalue weighted by Crippen LogP contribution is 2.30. The van der Waals surface area contributed by atoms with Crippen molar-refractivity contribution in [3.8, 4) is 11.5 Å². The van der Waals surface area contributed by atoms with Gasteiger partial charge in [0.1, 0.15) is 0 Å². The summed E-state index contributed by atoms with van der Waals surface area (Å²) in [6, 6.07) is 15.2. The monoisotopic (exact) mass is 309 g/mol. The van der Waals surface area contributed by atoms with E-state index in [1.807, 2.05) is 48.5 Å². The zero-order valence-electron chi connectivity index (χ0n) is 13.1. The third-order valence-electron chi connectivity index (χ3n) is 3.66. The lowest BCUT2D eigenvalue weighted by atomic mass is 10.2. The summed E-state index contributed by atoms with van der Waals surface area (Å²) < 4.78 is 11.3. The fraction of sp³-hybridized carbons (Fsp3) is 0.211. The highest BCUT2D eigenvalue weighted by Gasteiger charge is 2.10. The van der Waals surface area contributed by atoms with Crippen LogP contribution in [0.4, 0.5) is 5.69 Å². The molecule has 0 atom stereocenters. The van der Waals surface area contributed by atoms with Crippen LogP contribution in [0.1, 0.15) is 12.0 Å². The van der Waals surface area contributed by atoms with Crippen LogP contribution in [-0.4, -0.2) is 26.2 Å². The lowest BCUT2D eigenvalue weighted by Gasteiger charge is -2.14. The van der Waals surface area contributed by atoms with Gasteiger partial charge in [0.15, 0.2) is 11.5 Å². The van der Waals surface area contributed by atoms with Crippen molar-refractivity contribution in [3.05, 3.63) is 60.2 Å². The van der Waals surface area contributed by atoms with Gasteiger partial charge in [-0.2, -0.15) is 0 Å². The van der Waals surface area contributed by atoms with Crippen LogP contribution in [0.2, 0.25) is 0 Å². The Bertz CT molecular complexity index is 710. The molecule has 118 valence electrons. The molecule has 0 aromatic heterocycles. The van der Waals surface area contributed by atoms with Crippen molar-refractivity contribution in [2.75, 3.05) is 25.2 Å². The average molecular weight is 309 g/mol. The van der Waals surface area contributed by atoms with Gasteiger partial charge in [-0.1, -0.05) is 24.3 Å². The summed E-state index contributed by atoms with van der Waals surface area (Å²) in [5.74, 6) is 1.41. The largest absolute Gasteiger partial charge is 0.490 e. The van der Waals surface area contributed by atoms with E-state index in [0.29, 0.717) is 13.2 Å². The third-order valence-corrected chi connectivity index (χ3v) is 3.66. The van der Waals surface area contributed by atoms with E-state index in [4.69, 9.17) is 9.47 Å². The average Bonchev–Trinajstić information content (AvgIpc) is 2.84. The van der Waals surface area contributed by atoms with Crippen LogP contribution < -0.4 is 14.4 Å². The molecule has 3 rings (SSSR count). The minimum atomic E-state index is -0.0803. The molecule has 23 heavy (non-hydrogen) atoms. The first-order valence-electron chi connectivity index (χ1n) is 7.64. The number of para-hydroxylation sites is 1. The summed E-state index contributed by atoms with van der Waals surface area (Å²) in [4.78, 5) is 13.9. The molecule has 4 heteroatoms. The van der Waals surface area contributed by atoms with Gasteiger partial charge in [-0.3, -0.25) is 4.79 Å². The van der Waals surface area contributed by atoms with Crippen molar-refractivity contribution in [1.29, 1.82) is 0 Å². The van der Waals surface area contributed by atoms with Crippen molar-refractivity contribution in [2.45, 2.75) is 6.42 Å². The molecule has 0 radical (unpaired) electrons. The van der Waals surface area contributed by atoms with Gasteiger partial charge in [-0.25, -0.2) is 0 Å². The number of hydrogen-bond acceptors (Lipinski definition) is 3. The quantitative estimate of drug-likeness (QED) is 0.814. The maximum atomic E-state index is 12.2. The SMILES string of the molecule is CN(C(=O)/C=C/c1ccc2c(c1)OCCCO2)c1ccccc1. The van der Waals surface area contributed by atoms with Crippen molar-refractivity contribution < 1.29 is 14.3 Å². The summed E-state index contributed by atoms with van der Waals surface area (Å²) in [6.07, 6.45) is 4.22. The molecule has 1 amide bonds. The summed E-state index contributed by atoms with van der Waals surface area (Å²) in [5, 5.41) is 0. The Hall–Kier alpha value is -2.75. The van der Waals surface area contributed by atoms with E-state index in [2.05, 4.69) is 0 Å². The molecule has 0 aliphatic carbocycles. The molecule has 1 heterocycles. The Morgan fingerprint density at radius 3 is 2.57 bits per heavy atom. The van der Waals surface area contributed by atoms with Crippen LogP contribution in [-0.2, 0) is 4.79 Å². The first-order chi connectivity index (χ1) is 11.2. The number of ether oxygens (including phenoxy) is 2. The number of amides is 1. The second-order valence-corrected chi connectivity index (χ2v) is 5.32. The first kappa shape index (κ1) is 15.2. The van der Waals surface area contributed by atoms with Crippen LogP contribution >= 0.6 is 0 Å². The van der Waals surface area contributed by atoms with E-state index < -0.39 is 0 Å². The Morgan fingerprint density at radius 2 is 1.78 bits per heavy atom. The lowest BCUT2D eigenvalue weighted by molar-refractivity contribution is -0.113. The summed E-state index contributed by atoms with van der Waals surface area (Å²) in [7, 11) is 1.76. The summed E-state index contributed by atoms with van der Waals surface area (Å²) >= 11 is 0. The van der Waals surface area contributed by atoms with Gasteiger partial charge in [0.2, 0.25) is 0 Å². The van der Waals surface area contributed by atoms with Crippen molar-refractivity contribution in [2.24, 2.45) is 0 Å². The van der Waals surface area contributed by atoms with Gasteiger partial charge in [0, 0.05) is 25.2 Å². The molecule has 0 fully saturated rings. The molecule has 1 aliphatic rings. The number of rotatable bonds is 3. The predicted molar refractivity (Wildman–Crippen MR) is 90.9 cm³/mol. The molecule has 2 aromatic carbocycles. The topological polar surface area (TPSA) is 38.8 Å². The number of fused-ring (bicyclic) bond motifs is 1. The van der Waals surface area contributed by atoms with Gasteiger partial charge < -0.3 is 14.4 Å². The van der Waals surface area contributed by atoms with E-state index in [9.17, 15) is 4.79 Å². The molecule has 0 bridgehead atoms. The van der Waals surface area contributed by atoms with E-state index in [1.165, 1.54) is 0 Å². The second-order valence-electron chi connectivity index (χ2n) is 5.32. The number of likely N-dealkylation sites (N-methyl/N-ethyl adjacent to an activating group) is 1. The minimum Gasteiger partial charge on any atom is -0.490 e. The number of hydrogen-bond donors (Lipinski definition) is 0. The fourth-order valence-electron chi connectivity index (χ4n) is 2.34. The normalized spacial score (nSPS) is 13.6. The second kappa shape index (κ2) is 7.01. The fourth-order valence-corrected chi connectivity index (χ4v) is 2.34. The van der Waals surface area contributed by atoms with Gasteiger partial charge in [-0.15, -0.1) is 0 Å². The van der Waals surface area contributed by atoms with Crippen molar-refractivity contribution >= 4 is 17.7 Å². The standard InChI is InChI=1S/C19H19NO3/c1-20(16-6-3-2-4-7-16)19(21)11-9-15-8-10-17-18(14-15)23-13-5-12-22-17/h2-4,6-11,14H,5,12-13H2,1H3/b11-9+. The molecule has 2 aromatic rings. The van der Waals surface area contributed by atoms with Gasteiger partial charge >= 0.3 is 0 Å². The number of nitrogens with zero attached hydrogens (tertiary/aromatic N) is 1. The lowest BCUT2D eigenvalue weighted by Crippen LogP contribution is -2.23. The number of benzene rings is 2. The first-order valence-corrected chi connectivity index (χ1v) is 7.64. The molecule has 0 saturated heterocycles. The number of carbonyl (C=O) groups is 1. The zero-order valence-corrected chi connectivity index (χ0v) is 13.1. The predicted octanol–water partition coefficient (Wildman–Crippen LogP) is 3.52. The minimum absolute atomic E-state index is 0.0803. The van der Waals surface area contributed by atoms with Crippen molar-refractivity contribution in [3.63, 3.8) is 0 Å². The molecule has 4 nitrogen and oxygen atoms in total. The molecule has 0 N–H and O–H groups in total. The van der Waals surface area contributed by atoms with E-state index >= 15 is 0 Å². The van der Waals surface area contributed by atoms with Gasteiger partial charge in [0.05, 0.1) is 13.2 Å². The summed E-state index contributed by atoms with van der Waals surface area (Å²) in [6.45, 7) is 1.32. The Kier molecular flexibility index (Phi) is 4.62. The van der Waals surface area contributed by atoms with E-state index in [-0.39, 0.29) is 5.91 Å². The Labute approximate surface area is 135 Å². The molecule has 0 unspecified atom stereocenters. The van der Waals surface area contributed by atoms with Crippen LogP contribution in [0, 0.1) is 0 Å². The highest BCUT2D eigenvalue weighted by molar-refractivity contribution is 6.03. The Morgan fingerprint density at radius 1 is 1.04 bits per heavy atom. The maximum Gasteiger partial charge on any atom is 0.250 e. The molecule has 1 aliphatic heterocycles. The van der Waals surface area contributed by atoms with Gasteiger partial charge in [-0.05, 0) is 35.9 Å². The summed E-state index contributed by atoms with van der Waals surface area (Å²) in [5.41, 5.74) is 1.77. The Balaban J connectivity index is 1.72. The smallest absolute Gasteiger partial charge is 0.250 e. The van der Waals surface area contributed by atoms with Crippen LogP contribution in [0.15, 0.2) is 54.6 Å². The number of anilines is 1. The molecular formula is C19H19NO3. The van der Waals surface area contributed by atoms with E-state index in [0.717, 1.165) is 29.2 Å². The molecule has 0 spiro atoms. The zero-order chi connectivity index (χ0) is 16.1.